The van der Waals surface area contributed by atoms with Crippen LogP contribution in [-0.2, 0) is 6.42 Å². The lowest BCUT2D eigenvalue weighted by Gasteiger charge is -2.32. The van der Waals surface area contributed by atoms with Gasteiger partial charge < -0.3 is 10.3 Å². The maximum absolute atomic E-state index is 8.01. The normalized spacial score (nSPS) is 22.5. The molecule has 3 rings (SSSR count). The second-order valence-electron chi connectivity index (χ2n) is 5.91. The summed E-state index contributed by atoms with van der Waals surface area (Å²) < 4.78 is 5.16. The van der Waals surface area contributed by atoms with Crippen molar-refractivity contribution >= 4 is 5.88 Å². The van der Waals surface area contributed by atoms with Gasteiger partial charge in [0.1, 0.15) is 5.88 Å². The lowest BCUT2D eigenvalue weighted by atomic mass is 10.00. The molecule has 2 unspecified atom stereocenters. The predicted octanol–water partition coefficient (Wildman–Crippen LogP) is 3.14. The van der Waals surface area contributed by atoms with Crippen molar-refractivity contribution in [2.75, 3.05) is 5.01 Å². The number of benzene rings is 1. The third-order valence-corrected chi connectivity index (χ3v) is 4.29. The summed E-state index contributed by atoms with van der Waals surface area (Å²) in [4.78, 5) is 1.82. The van der Waals surface area contributed by atoms with Gasteiger partial charge in [-0.2, -0.15) is 0 Å². The van der Waals surface area contributed by atoms with E-state index < -0.39 is 0 Å². The molecule has 1 aliphatic heterocycles. The Morgan fingerprint density at radius 3 is 2.57 bits per heavy atom. The van der Waals surface area contributed by atoms with Crippen LogP contribution < -0.4 is 9.80 Å². The van der Waals surface area contributed by atoms with Crippen LogP contribution in [0.15, 0.2) is 34.9 Å². The molecule has 0 saturated carbocycles. The maximum Gasteiger partial charge on any atom is 0.272 e. The second-order valence-corrected chi connectivity index (χ2v) is 5.91. The highest BCUT2D eigenvalue weighted by atomic mass is 16.5. The number of nitrogens with one attached hydrogen (secondary N) is 1. The molecule has 1 aromatic carbocycles. The summed E-state index contributed by atoms with van der Waals surface area (Å²) >= 11 is 0. The van der Waals surface area contributed by atoms with Crippen LogP contribution in [0.5, 0.6) is 0 Å². The van der Waals surface area contributed by atoms with E-state index in [1.165, 1.54) is 12.0 Å². The molecular weight excluding hydrogens is 264 g/mol. The van der Waals surface area contributed by atoms with E-state index in [4.69, 9.17) is 10.3 Å². The zero-order chi connectivity index (χ0) is 14.8. The minimum atomic E-state index is 0.156. The number of rotatable bonds is 3. The van der Waals surface area contributed by atoms with E-state index in [0.717, 1.165) is 18.5 Å². The summed E-state index contributed by atoms with van der Waals surface area (Å²) in [6.07, 6.45) is 4.22. The molecule has 5 nitrogen and oxygen atoms in total. The molecular formula is C16H22N4O. The van der Waals surface area contributed by atoms with Gasteiger partial charge in [0.05, 0.1) is 23.3 Å². The lowest BCUT2D eigenvalue weighted by Crippen LogP contribution is -2.69. The summed E-state index contributed by atoms with van der Waals surface area (Å²) in [5.74, 6) is 0.156. The first-order valence-corrected chi connectivity index (χ1v) is 7.62. The van der Waals surface area contributed by atoms with Gasteiger partial charge in [-0.1, -0.05) is 30.3 Å². The van der Waals surface area contributed by atoms with Crippen LogP contribution in [0.2, 0.25) is 0 Å². The number of piperidine rings is 1. The molecule has 2 aromatic rings. The predicted molar refractivity (Wildman–Crippen MR) is 80.9 cm³/mol. The van der Waals surface area contributed by atoms with Crippen molar-refractivity contribution < 1.29 is 9.31 Å². The van der Waals surface area contributed by atoms with Crippen LogP contribution in [-0.4, -0.2) is 17.4 Å². The van der Waals surface area contributed by atoms with Crippen LogP contribution >= 0.6 is 0 Å². The fourth-order valence-electron chi connectivity index (χ4n) is 3.18. The second kappa shape index (κ2) is 5.76. The van der Waals surface area contributed by atoms with Gasteiger partial charge in [-0.3, -0.25) is 0 Å². The Kier molecular flexibility index (Phi) is 3.82. The first-order chi connectivity index (χ1) is 10.2. The minimum absolute atomic E-state index is 0.156. The molecule has 2 heterocycles. The van der Waals surface area contributed by atoms with Crippen LogP contribution in [0.25, 0.3) is 5.73 Å². The van der Waals surface area contributed by atoms with Gasteiger partial charge in [-0.15, -0.1) is 5.01 Å². The highest BCUT2D eigenvalue weighted by Crippen LogP contribution is 2.22. The molecule has 1 N–H and O–H groups in total. The molecule has 1 aromatic heterocycles. The maximum atomic E-state index is 8.01. The van der Waals surface area contributed by atoms with Gasteiger partial charge in [0.25, 0.3) is 5.69 Å². The molecule has 0 aliphatic carbocycles. The average molecular weight is 286 g/mol. The van der Waals surface area contributed by atoms with Crippen molar-refractivity contribution in [3.05, 3.63) is 47.3 Å². The fourth-order valence-corrected chi connectivity index (χ4v) is 3.18. The molecule has 0 bridgehead atoms. The van der Waals surface area contributed by atoms with Crippen LogP contribution in [0.1, 0.15) is 44.4 Å². The standard InChI is InChI=1S/C16H22N4O/c1-12-7-6-8-13(2)19(12)20-15(16(17)21-18-20)11-14-9-4-3-5-10-14/h3-5,9-10,12-13,17H,6-8,11H2,1-2H3. The summed E-state index contributed by atoms with van der Waals surface area (Å²) in [6, 6.07) is 11.0. The molecule has 1 fully saturated rings. The van der Waals surface area contributed by atoms with Gasteiger partial charge in [-0.25, -0.2) is 0 Å². The first kappa shape index (κ1) is 13.9. The van der Waals surface area contributed by atoms with E-state index in [9.17, 15) is 0 Å². The third kappa shape index (κ3) is 2.73. The molecule has 1 saturated heterocycles. The van der Waals surface area contributed by atoms with E-state index in [0.29, 0.717) is 18.5 Å². The fraction of sp³-hybridized carbons (Fsp3) is 0.500. The smallest absolute Gasteiger partial charge is 0.272 e. The highest BCUT2D eigenvalue weighted by Gasteiger charge is 2.36. The summed E-state index contributed by atoms with van der Waals surface area (Å²) in [6.45, 7) is 4.43. The SMILES string of the molecule is CC1CCCC(C)N1[n+]1noc([NH-])c1Cc1ccccc1. The Balaban J connectivity index is 1.93. The zero-order valence-electron chi connectivity index (χ0n) is 12.6. The first-order valence-electron chi connectivity index (χ1n) is 7.62. The van der Waals surface area contributed by atoms with Crippen molar-refractivity contribution in [3.63, 3.8) is 0 Å². The molecule has 112 valence electrons. The van der Waals surface area contributed by atoms with E-state index in [1.807, 2.05) is 23.0 Å². The van der Waals surface area contributed by atoms with Crippen LogP contribution in [0.3, 0.4) is 0 Å². The van der Waals surface area contributed by atoms with Crippen molar-refractivity contribution in [1.82, 2.24) is 5.27 Å². The third-order valence-electron chi connectivity index (χ3n) is 4.29. The van der Waals surface area contributed by atoms with Crippen LogP contribution in [0, 0.1) is 0 Å². The number of nitrogens with zero attached hydrogens (tertiary/aromatic N) is 3. The van der Waals surface area contributed by atoms with Gasteiger partial charge in [0, 0.05) is 0 Å². The lowest BCUT2D eigenvalue weighted by molar-refractivity contribution is -0.771. The number of hydrogen-bond acceptors (Lipinski definition) is 3. The van der Waals surface area contributed by atoms with Crippen molar-refractivity contribution in [1.29, 1.82) is 0 Å². The van der Waals surface area contributed by atoms with Gasteiger partial charge in [-0.05, 0) is 38.7 Å². The Morgan fingerprint density at radius 1 is 1.24 bits per heavy atom. The number of aromatic nitrogens is 2. The molecule has 1 aliphatic rings. The van der Waals surface area contributed by atoms with Gasteiger partial charge in [0.2, 0.25) is 5.27 Å². The molecule has 21 heavy (non-hydrogen) atoms. The quantitative estimate of drug-likeness (QED) is 0.814. The van der Waals surface area contributed by atoms with Crippen molar-refractivity contribution in [3.8, 4) is 0 Å². The Bertz CT molecular complexity index is 586. The highest BCUT2D eigenvalue weighted by molar-refractivity contribution is 5.35. The molecule has 5 heteroatoms. The molecule has 0 amide bonds. The zero-order valence-corrected chi connectivity index (χ0v) is 12.6. The molecule has 2 atom stereocenters. The number of hydrogen-bond donors (Lipinski definition) is 0. The topological polar surface area (TPSA) is 57.0 Å². The van der Waals surface area contributed by atoms with Gasteiger partial charge in [0.15, 0.2) is 0 Å². The molecule has 0 spiro atoms. The Labute approximate surface area is 125 Å². The summed E-state index contributed by atoms with van der Waals surface area (Å²) in [5.41, 5.74) is 10.0. The Hall–Kier alpha value is -2.04. The monoisotopic (exact) mass is 286 g/mol. The minimum Gasteiger partial charge on any atom is -0.660 e. The van der Waals surface area contributed by atoms with E-state index >= 15 is 0 Å². The van der Waals surface area contributed by atoms with E-state index in [-0.39, 0.29) is 5.88 Å². The summed E-state index contributed by atoms with van der Waals surface area (Å²) in [5, 5.41) is 6.37. The van der Waals surface area contributed by atoms with Gasteiger partial charge >= 0.3 is 0 Å². The van der Waals surface area contributed by atoms with Crippen LogP contribution in [0.4, 0.5) is 5.88 Å². The van der Waals surface area contributed by atoms with Crippen molar-refractivity contribution in [2.24, 2.45) is 0 Å². The van der Waals surface area contributed by atoms with E-state index in [1.54, 1.807) is 0 Å². The average Bonchev–Trinajstić information content (AvgIpc) is 2.82. The Morgan fingerprint density at radius 2 is 1.90 bits per heavy atom. The largest absolute Gasteiger partial charge is 0.660 e. The van der Waals surface area contributed by atoms with E-state index in [2.05, 4.69) is 36.3 Å². The summed E-state index contributed by atoms with van der Waals surface area (Å²) in [7, 11) is 0. The van der Waals surface area contributed by atoms with Crippen molar-refractivity contribution in [2.45, 2.75) is 51.6 Å². The molecule has 0 radical (unpaired) electrons.